The minimum atomic E-state index is -0.985. The minimum absolute atomic E-state index is 0.179. The molecule has 38 heavy (non-hydrogen) atoms. The van der Waals surface area contributed by atoms with Crippen molar-refractivity contribution in [3.05, 3.63) is 57.3 Å². The Kier molecular flexibility index (Phi) is 7.58. The molecule has 2 atom stereocenters. The van der Waals surface area contributed by atoms with E-state index in [2.05, 4.69) is 30.8 Å². The number of carboxylic acid groups (broad SMARTS) is 1. The number of thiazole rings is 1. The molecule has 0 saturated carbocycles. The molecule has 0 spiro atoms. The van der Waals surface area contributed by atoms with Gasteiger partial charge in [0.05, 0.1) is 27.4 Å². The predicted octanol–water partition coefficient (Wildman–Crippen LogP) is 7.94. The predicted molar refractivity (Wildman–Crippen MR) is 152 cm³/mol. The van der Waals surface area contributed by atoms with Gasteiger partial charge in [-0.3, -0.25) is 0 Å². The van der Waals surface area contributed by atoms with Gasteiger partial charge in [-0.2, -0.15) is 0 Å². The molecule has 2 aromatic carbocycles. The van der Waals surface area contributed by atoms with Gasteiger partial charge in [-0.25, -0.2) is 9.78 Å². The van der Waals surface area contributed by atoms with Crippen LogP contribution in [0.3, 0.4) is 0 Å². The zero-order valence-electron chi connectivity index (χ0n) is 21.6. The summed E-state index contributed by atoms with van der Waals surface area (Å²) in [6.07, 6.45) is 2.75. The van der Waals surface area contributed by atoms with Crippen LogP contribution in [0.2, 0.25) is 10.0 Å². The maximum Gasteiger partial charge on any atom is 0.335 e. The first-order chi connectivity index (χ1) is 18.2. The fourth-order valence-corrected chi connectivity index (χ4v) is 7.04. The first-order valence-electron chi connectivity index (χ1n) is 12.6. The normalized spacial score (nSPS) is 17.9. The molecule has 4 aromatic rings. The van der Waals surface area contributed by atoms with Crippen molar-refractivity contribution >= 4 is 55.9 Å². The summed E-state index contributed by atoms with van der Waals surface area (Å²) < 4.78 is 12.1. The quantitative estimate of drug-likeness (QED) is 0.240. The Morgan fingerprint density at radius 1 is 1.29 bits per heavy atom. The Hall–Kier alpha value is -2.81. The molecular formula is C28H29Cl2N3O4S. The van der Waals surface area contributed by atoms with Crippen molar-refractivity contribution in [1.82, 2.24) is 10.1 Å². The number of halogens is 2. The van der Waals surface area contributed by atoms with Crippen molar-refractivity contribution in [2.24, 2.45) is 5.92 Å². The number of rotatable bonds is 7. The number of hydrogen-bond acceptors (Lipinski definition) is 7. The number of fused-ring (bicyclic) bond motifs is 1. The van der Waals surface area contributed by atoms with E-state index in [-0.39, 0.29) is 17.5 Å². The fraction of sp³-hybridized carbons (Fsp3) is 0.393. The third kappa shape index (κ3) is 4.97. The maximum absolute atomic E-state index is 11.6. The van der Waals surface area contributed by atoms with Crippen LogP contribution >= 0.6 is 34.5 Å². The van der Waals surface area contributed by atoms with Crippen LogP contribution in [0.1, 0.15) is 61.2 Å². The van der Waals surface area contributed by atoms with Crippen LogP contribution in [0.4, 0.5) is 5.13 Å². The van der Waals surface area contributed by atoms with Crippen LogP contribution in [0, 0.1) is 5.92 Å². The highest BCUT2D eigenvalue weighted by atomic mass is 35.5. The van der Waals surface area contributed by atoms with Gasteiger partial charge in [0.15, 0.2) is 5.13 Å². The zero-order chi connectivity index (χ0) is 27.1. The topological polar surface area (TPSA) is 88.7 Å². The second-order valence-corrected chi connectivity index (χ2v) is 11.9. The Morgan fingerprint density at radius 2 is 2.03 bits per heavy atom. The number of methoxy groups -OCH3 is 1. The average molecular weight is 575 g/mol. The molecule has 5 rings (SSSR count). The number of carbonyl (C=O) groups is 1. The van der Waals surface area contributed by atoms with Gasteiger partial charge in [-0.05, 0) is 56.4 Å². The molecule has 0 bridgehead atoms. The van der Waals surface area contributed by atoms with E-state index in [1.165, 1.54) is 24.5 Å². The Balaban J connectivity index is 1.40. The van der Waals surface area contributed by atoms with E-state index in [4.69, 9.17) is 37.4 Å². The molecule has 1 unspecified atom stereocenters. The summed E-state index contributed by atoms with van der Waals surface area (Å²) in [6.45, 7) is 7.25. The van der Waals surface area contributed by atoms with Crippen LogP contribution < -0.4 is 9.64 Å². The highest BCUT2D eigenvalue weighted by molar-refractivity contribution is 7.22. The molecule has 1 N–H and O–H groups in total. The standard InChI is InChI=1S/C28H29Cl2N3O4S/c1-14(2)26-18(24(32-37-26)23-19(29)6-5-7-20(23)30)11-16-8-9-33(15(3)10-16)28-31-25-21(36-4)12-17(27(34)35)13-22(25)38-28/h5-7,12-16H,8-11H2,1-4H3,(H,34,35)/t15-,16?/m1/s1. The molecule has 200 valence electrons. The molecule has 10 heteroatoms. The second-order valence-electron chi connectivity index (χ2n) is 10.1. The summed E-state index contributed by atoms with van der Waals surface area (Å²) in [5, 5.41) is 15.9. The molecule has 1 aliphatic heterocycles. The number of hydrogen-bond donors (Lipinski definition) is 1. The average Bonchev–Trinajstić information content (AvgIpc) is 3.48. The van der Waals surface area contributed by atoms with E-state index in [1.54, 1.807) is 6.07 Å². The van der Waals surface area contributed by atoms with Gasteiger partial charge in [0.25, 0.3) is 0 Å². The molecule has 3 heterocycles. The van der Waals surface area contributed by atoms with Gasteiger partial charge >= 0.3 is 5.97 Å². The smallest absolute Gasteiger partial charge is 0.335 e. The van der Waals surface area contributed by atoms with E-state index in [0.717, 1.165) is 58.2 Å². The minimum Gasteiger partial charge on any atom is -0.494 e. The lowest BCUT2D eigenvalue weighted by molar-refractivity contribution is 0.0696. The molecule has 1 saturated heterocycles. The number of benzene rings is 2. The monoisotopic (exact) mass is 573 g/mol. The van der Waals surface area contributed by atoms with Crippen LogP contribution in [-0.4, -0.2) is 40.9 Å². The first kappa shape index (κ1) is 26.8. The van der Waals surface area contributed by atoms with Gasteiger partial charge in [0, 0.05) is 29.6 Å². The molecule has 2 aromatic heterocycles. The number of carboxylic acids is 1. The van der Waals surface area contributed by atoms with Crippen LogP contribution in [0.25, 0.3) is 21.5 Å². The molecule has 0 amide bonds. The van der Waals surface area contributed by atoms with Crippen molar-refractivity contribution in [3.63, 3.8) is 0 Å². The largest absolute Gasteiger partial charge is 0.494 e. The number of aromatic nitrogens is 2. The lowest BCUT2D eigenvalue weighted by atomic mass is 9.84. The summed E-state index contributed by atoms with van der Waals surface area (Å²) in [4.78, 5) is 18.7. The van der Waals surface area contributed by atoms with E-state index in [9.17, 15) is 9.90 Å². The third-order valence-electron chi connectivity index (χ3n) is 7.18. The number of piperidine rings is 1. The van der Waals surface area contributed by atoms with Crippen molar-refractivity contribution in [1.29, 1.82) is 0 Å². The molecule has 1 fully saturated rings. The van der Waals surface area contributed by atoms with Gasteiger partial charge in [-0.15, -0.1) is 0 Å². The Morgan fingerprint density at radius 3 is 2.66 bits per heavy atom. The number of aromatic carboxylic acids is 1. The molecular weight excluding hydrogens is 545 g/mol. The lowest BCUT2D eigenvalue weighted by Gasteiger charge is -2.37. The molecule has 0 aliphatic carbocycles. The number of anilines is 1. The van der Waals surface area contributed by atoms with Crippen LogP contribution in [-0.2, 0) is 6.42 Å². The molecule has 7 nitrogen and oxygen atoms in total. The second kappa shape index (κ2) is 10.8. The summed E-state index contributed by atoms with van der Waals surface area (Å²) in [5.74, 6) is 0.961. The van der Waals surface area contributed by atoms with Gasteiger partial charge in [-0.1, -0.05) is 59.6 Å². The van der Waals surface area contributed by atoms with Crippen LogP contribution in [0.5, 0.6) is 5.75 Å². The van der Waals surface area contributed by atoms with E-state index < -0.39 is 5.97 Å². The third-order valence-corrected chi connectivity index (χ3v) is 8.85. The number of ether oxygens (including phenoxy) is 1. The van der Waals surface area contributed by atoms with Crippen LogP contribution in [0.15, 0.2) is 34.9 Å². The van der Waals surface area contributed by atoms with Gasteiger partial charge in [0.1, 0.15) is 22.7 Å². The van der Waals surface area contributed by atoms with Crippen molar-refractivity contribution < 1.29 is 19.2 Å². The lowest BCUT2D eigenvalue weighted by Crippen LogP contribution is -2.41. The number of nitrogens with zero attached hydrogens (tertiary/aromatic N) is 3. The SMILES string of the molecule is COc1cc(C(=O)O)cc2sc(N3CCC(Cc4c(-c5c(Cl)cccc5Cl)noc4C(C)C)C[C@H]3C)nc12. The Labute approximate surface area is 235 Å². The zero-order valence-corrected chi connectivity index (χ0v) is 24.0. The van der Waals surface area contributed by atoms with Crippen molar-refractivity contribution in [2.75, 3.05) is 18.6 Å². The van der Waals surface area contributed by atoms with E-state index in [0.29, 0.717) is 27.2 Å². The van der Waals surface area contributed by atoms with Crippen molar-refractivity contribution in [3.8, 4) is 17.0 Å². The van der Waals surface area contributed by atoms with E-state index >= 15 is 0 Å². The summed E-state index contributed by atoms with van der Waals surface area (Å²) >= 11 is 14.6. The summed E-state index contributed by atoms with van der Waals surface area (Å²) in [5.41, 5.74) is 3.41. The summed E-state index contributed by atoms with van der Waals surface area (Å²) in [6, 6.07) is 8.91. The maximum atomic E-state index is 11.6. The highest BCUT2D eigenvalue weighted by Gasteiger charge is 2.31. The molecule has 1 aliphatic rings. The molecule has 0 radical (unpaired) electrons. The van der Waals surface area contributed by atoms with Crippen molar-refractivity contribution in [2.45, 2.75) is 52.0 Å². The van der Waals surface area contributed by atoms with Gasteiger partial charge < -0.3 is 19.3 Å². The van der Waals surface area contributed by atoms with Gasteiger partial charge in [0.2, 0.25) is 0 Å². The Bertz CT molecular complexity index is 1480. The fourth-order valence-electron chi connectivity index (χ4n) is 5.31. The highest BCUT2D eigenvalue weighted by Crippen LogP contribution is 2.42. The first-order valence-corrected chi connectivity index (χ1v) is 14.2. The summed E-state index contributed by atoms with van der Waals surface area (Å²) in [7, 11) is 1.54. The van der Waals surface area contributed by atoms with E-state index in [1.807, 2.05) is 18.2 Å².